The second-order valence-corrected chi connectivity index (χ2v) is 21.1. The molecule has 0 aliphatic carbocycles. The summed E-state index contributed by atoms with van der Waals surface area (Å²) < 4.78 is 91.3. The number of aryl methyl sites for hydroxylation is 4. The van der Waals surface area contributed by atoms with Crippen LogP contribution >= 0.6 is 0 Å². The lowest BCUT2D eigenvalue weighted by Crippen LogP contribution is -2.42. The van der Waals surface area contributed by atoms with E-state index in [4.69, 9.17) is 15.2 Å². The van der Waals surface area contributed by atoms with Crippen molar-refractivity contribution in [3.8, 4) is 0 Å². The summed E-state index contributed by atoms with van der Waals surface area (Å²) in [5.74, 6) is -3.55. The Kier molecular flexibility index (Phi) is 17.4. The van der Waals surface area contributed by atoms with Crippen LogP contribution in [0.4, 0.5) is 28.9 Å². The van der Waals surface area contributed by atoms with E-state index in [-0.39, 0.29) is 58.8 Å². The topological polar surface area (TPSA) is 165 Å². The number of hydrogen-bond acceptors (Lipinski definition) is 9. The van der Waals surface area contributed by atoms with Crippen molar-refractivity contribution in [3.05, 3.63) is 225 Å². The van der Waals surface area contributed by atoms with Crippen LogP contribution in [0.15, 0.2) is 168 Å². The number of benzene rings is 6. The predicted molar refractivity (Wildman–Crippen MR) is 278 cm³/mol. The average Bonchev–Trinajstić information content (AvgIpc) is 3.35. The molecule has 0 fully saturated rings. The van der Waals surface area contributed by atoms with Crippen molar-refractivity contribution in [2.75, 3.05) is 16.7 Å². The first-order valence-corrected chi connectivity index (χ1v) is 26.3. The summed E-state index contributed by atoms with van der Waals surface area (Å²) in [5, 5.41) is 22.3. The second kappa shape index (κ2) is 23.7. The third kappa shape index (κ3) is 14.6. The standard InChI is InChI=1S/C30H31F2NO5S.C29H29F2NO3/c1-20(23-4-3-5-26(18-23)33-39(2,36)37)28-27(34)19-30(38-29(28)35,16-14-21-6-10-24(31)11-7-21)17-15-22-8-12-25(32)13-9-22;1-19(22-3-2-4-25(32)17-22)27-26(33)18-29(35-28(27)34,15-13-20-5-9-23(30)10-6-20)16-14-21-7-11-24(31)12-8-21/h3-13,18,20,33-34H,14-17,19H2,1-2H3;2-12,17,19,33H,13-16,18,32H2,1H3. The van der Waals surface area contributed by atoms with Gasteiger partial charge in [-0.15, -0.1) is 0 Å². The summed E-state index contributed by atoms with van der Waals surface area (Å²) in [5.41, 5.74) is 10.2. The Morgan fingerprint density at radius 1 is 0.541 bits per heavy atom. The van der Waals surface area contributed by atoms with Gasteiger partial charge in [-0.05, 0) is 158 Å². The van der Waals surface area contributed by atoms with Gasteiger partial charge in [-0.25, -0.2) is 35.6 Å². The molecule has 2 heterocycles. The third-order valence-corrected chi connectivity index (χ3v) is 14.4. The fourth-order valence-corrected chi connectivity index (χ4v) is 10.2. The molecule has 15 heteroatoms. The minimum Gasteiger partial charge on any atom is -0.512 e. The predicted octanol–water partition coefficient (Wildman–Crippen LogP) is 12.6. The second-order valence-electron chi connectivity index (χ2n) is 19.3. The SMILES string of the molecule is CC(C1=C(O)CC(CCc2ccc(F)cc2)(CCc2ccc(F)cc2)OC1=O)c1cccc(N)c1.CC(C1=C(O)CC(CCc2ccc(F)cc2)(CCc2ccc(F)cc2)OC1=O)c1cccc(NS(C)(=O)=O)c1. The Hall–Kier alpha value is -7.39. The molecule has 0 radical (unpaired) electrons. The van der Waals surface area contributed by atoms with Crippen LogP contribution in [0.1, 0.15) is 97.6 Å². The molecule has 0 bridgehead atoms. The van der Waals surface area contributed by atoms with Crippen LogP contribution in [-0.4, -0.2) is 48.0 Å². The number of cyclic esters (lactones) is 2. The number of aliphatic hydroxyl groups excluding tert-OH is 2. The molecule has 0 spiro atoms. The summed E-state index contributed by atoms with van der Waals surface area (Å²) in [6.07, 6.45) is 5.08. The summed E-state index contributed by atoms with van der Waals surface area (Å²) in [4.78, 5) is 26.7. The maximum atomic E-state index is 13.4. The maximum Gasteiger partial charge on any atom is 0.338 e. The van der Waals surface area contributed by atoms with Crippen molar-refractivity contribution in [2.45, 2.75) is 101 Å². The number of nitrogens with two attached hydrogens (primary N) is 1. The van der Waals surface area contributed by atoms with Crippen LogP contribution < -0.4 is 10.5 Å². The van der Waals surface area contributed by atoms with Crippen LogP contribution in [0, 0.1) is 23.3 Å². The molecule has 2 aliphatic rings. The number of carbonyl (C=O) groups excluding carboxylic acids is 2. The largest absolute Gasteiger partial charge is 0.512 e. The van der Waals surface area contributed by atoms with Crippen LogP contribution in [0.5, 0.6) is 0 Å². The van der Waals surface area contributed by atoms with Crippen LogP contribution in [0.25, 0.3) is 0 Å². The zero-order valence-corrected chi connectivity index (χ0v) is 42.2. The highest BCUT2D eigenvalue weighted by Crippen LogP contribution is 2.43. The van der Waals surface area contributed by atoms with Crippen LogP contribution in [0.2, 0.25) is 0 Å². The van der Waals surface area contributed by atoms with Gasteiger partial charge in [-0.3, -0.25) is 4.72 Å². The average molecular weight is 1030 g/mol. The van der Waals surface area contributed by atoms with E-state index in [1.54, 1.807) is 91.9 Å². The molecule has 2 atom stereocenters. The van der Waals surface area contributed by atoms with Crippen LogP contribution in [-0.2, 0) is 54.8 Å². The lowest BCUT2D eigenvalue weighted by atomic mass is 9.80. The molecule has 6 aromatic rings. The number of halogens is 4. The molecule has 2 aliphatic heterocycles. The Morgan fingerprint density at radius 2 is 0.865 bits per heavy atom. The minimum absolute atomic E-state index is 0.00869. The Balaban J connectivity index is 0.000000217. The molecule has 0 amide bonds. The monoisotopic (exact) mass is 1030 g/mol. The fraction of sp³-hybridized carbons (Fsp3) is 0.288. The lowest BCUT2D eigenvalue weighted by molar-refractivity contribution is -0.162. The van der Waals surface area contributed by atoms with Crippen LogP contribution in [0.3, 0.4) is 0 Å². The van der Waals surface area contributed by atoms with Gasteiger partial charge in [-0.2, -0.15) is 0 Å². The number of rotatable bonds is 18. The molecule has 388 valence electrons. The molecule has 10 nitrogen and oxygen atoms in total. The van der Waals surface area contributed by atoms with Crippen molar-refractivity contribution in [1.29, 1.82) is 0 Å². The number of esters is 2. The number of hydrogen-bond donors (Lipinski definition) is 4. The molecule has 0 saturated heterocycles. The molecule has 2 unspecified atom stereocenters. The summed E-state index contributed by atoms with van der Waals surface area (Å²) in [6.45, 7) is 3.59. The molecular formula is C59H60F4N2O8S. The highest BCUT2D eigenvalue weighted by Gasteiger charge is 2.44. The van der Waals surface area contributed by atoms with Gasteiger partial charge in [0.2, 0.25) is 10.0 Å². The van der Waals surface area contributed by atoms with Gasteiger partial charge in [0, 0.05) is 36.1 Å². The molecular weight excluding hydrogens is 973 g/mol. The van der Waals surface area contributed by atoms with Gasteiger partial charge in [0.05, 0.1) is 17.4 Å². The van der Waals surface area contributed by atoms with E-state index in [0.717, 1.165) is 34.1 Å². The van der Waals surface area contributed by atoms with Crippen molar-refractivity contribution in [1.82, 2.24) is 0 Å². The number of sulfonamides is 1. The number of nitrogens with one attached hydrogen (secondary N) is 1. The van der Waals surface area contributed by atoms with E-state index < -0.39 is 45.0 Å². The summed E-state index contributed by atoms with van der Waals surface area (Å²) >= 11 is 0. The first-order chi connectivity index (χ1) is 35.2. The quantitative estimate of drug-likeness (QED) is 0.0372. The van der Waals surface area contributed by atoms with E-state index in [9.17, 15) is 45.8 Å². The minimum atomic E-state index is -3.49. The maximum absolute atomic E-state index is 13.4. The number of aliphatic hydroxyl groups is 2. The fourth-order valence-electron chi connectivity index (χ4n) is 9.61. The molecule has 8 rings (SSSR count). The number of ether oxygens (including phenoxy) is 2. The van der Waals surface area contributed by atoms with Crippen molar-refractivity contribution < 1.29 is 55.3 Å². The molecule has 74 heavy (non-hydrogen) atoms. The van der Waals surface area contributed by atoms with Gasteiger partial charge in [0.25, 0.3) is 0 Å². The molecule has 0 saturated carbocycles. The van der Waals surface area contributed by atoms with E-state index in [0.29, 0.717) is 68.3 Å². The van der Waals surface area contributed by atoms with Gasteiger partial charge in [0.1, 0.15) is 46.0 Å². The smallest absolute Gasteiger partial charge is 0.338 e. The van der Waals surface area contributed by atoms with E-state index in [1.807, 2.05) is 19.1 Å². The van der Waals surface area contributed by atoms with Crippen molar-refractivity contribution in [3.63, 3.8) is 0 Å². The van der Waals surface area contributed by atoms with Gasteiger partial charge >= 0.3 is 11.9 Å². The first kappa shape index (κ1) is 54.4. The van der Waals surface area contributed by atoms with E-state index in [1.165, 1.54) is 48.5 Å². The summed E-state index contributed by atoms with van der Waals surface area (Å²) in [7, 11) is -3.49. The molecule has 5 N–H and O–H groups in total. The zero-order valence-electron chi connectivity index (χ0n) is 41.4. The van der Waals surface area contributed by atoms with Gasteiger partial charge in [0.15, 0.2) is 0 Å². The van der Waals surface area contributed by atoms with E-state index in [2.05, 4.69) is 4.72 Å². The zero-order chi connectivity index (χ0) is 53.2. The normalized spacial score (nSPS) is 16.1. The first-order valence-electron chi connectivity index (χ1n) is 24.4. The third-order valence-electron chi connectivity index (χ3n) is 13.8. The number of anilines is 2. The Bertz CT molecular complexity index is 3010. The highest BCUT2D eigenvalue weighted by molar-refractivity contribution is 7.92. The number of carbonyl (C=O) groups is 2. The van der Waals surface area contributed by atoms with Gasteiger partial charge < -0.3 is 25.4 Å². The van der Waals surface area contributed by atoms with Crippen molar-refractivity contribution in [2.24, 2.45) is 0 Å². The summed E-state index contributed by atoms with van der Waals surface area (Å²) in [6, 6.07) is 38.4. The Labute approximate surface area is 429 Å². The molecule has 0 aromatic heterocycles. The molecule has 6 aromatic carbocycles. The lowest BCUT2D eigenvalue weighted by Gasteiger charge is -2.38. The Morgan fingerprint density at radius 3 is 1.18 bits per heavy atom. The number of nitrogen functional groups attached to an aromatic ring is 1. The van der Waals surface area contributed by atoms with E-state index >= 15 is 0 Å². The van der Waals surface area contributed by atoms with Gasteiger partial charge in [-0.1, -0.05) is 86.6 Å². The highest BCUT2D eigenvalue weighted by atomic mass is 32.2. The van der Waals surface area contributed by atoms with Crippen molar-refractivity contribution >= 4 is 33.3 Å².